The number of benzene rings is 7. The van der Waals surface area contributed by atoms with E-state index in [0.717, 1.165) is 55.3 Å². The molecule has 0 bridgehead atoms. The van der Waals surface area contributed by atoms with Gasteiger partial charge in [-0.3, -0.25) is 0 Å². The van der Waals surface area contributed by atoms with E-state index in [4.69, 9.17) is 9.40 Å². The van der Waals surface area contributed by atoms with E-state index in [1.54, 1.807) is 0 Å². The molecule has 0 N–H and O–H groups in total. The Balaban J connectivity index is 1.16. The predicted molar refractivity (Wildman–Crippen MR) is 205 cm³/mol. The molecule has 2 atom stereocenters. The van der Waals surface area contributed by atoms with E-state index in [9.17, 15) is 0 Å². The van der Waals surface area contributed by atoms with E-state index in [2.05, 4.69) is 144 Å². The third kappa shape index (κ3) is 4.79. The molecular weight excluding hydrogens is 617 g/mol. The Morgan fingerprint density at radius 1 is 0.571 bits per heavy atom. The zero-order valence-corrected chi connectivity index (χ0v) is 27.3. The highest BCUT2D eigenvalue weighted by Gasteiger charge is 2.31. The number of anilines is 3. The van der Waals surface area contributed by atoms with E-state index >= 15 is 0 Å². The Morgan fingerprint density at radius 2 is 1.22 bits per heavy atom. The minimum Gasteiger partial charge on any atom is -0.435 e. The van der Waals surface area contributed by atoms with Crippen LogP contribution in [0, 0.1) is 0 Å². The van der Waals surface area contributed by atoms with Crippen molar-refractivity contribution in [2.45, 2.75) is 16.1 Å². The van der Waals surface area contributed by atoms with Crippen molar-refractivity contribution in [1.82, 2.24) is 4.98 Å². The summed E-state index contributed by atoms with van der Waals surface area (Å²) in [6.45, 7) is 0. The number of oxazole rings is 1. The van der Waals surface area contributed by atoms with Gasteiger partial charge in [0, 0.05) is 44.1 Å². The summed E-state index contributed by atoms with van der Waals surface area (Å²) in [6, 6.07) is 52.0. The van der Waals surface area contributed by atoms with Gasteiger partial charge in [-0.2, -0.15) is 0 Å². The van der Waals surface area contributed by atoms with Crippen LogP contribution in [0.15, 0.2) is 179 Å². The largest absolute Gasteiger partial charge is 0.435 e. The molecule has 0 amide bonds. The molecule has 2 unspecified atom stereocenters. The van der Waals surface area contributed by atoms with Crippen molar-refractivity contribution >= 4 is 61.5 Å². The SMILES string of the molecule is C1=CC2Sc3cc(N(c4ccc(-c5ccccc5)cc4)c4ccc5ccc6ccc7nc(-c8ccccc8)oc7c6c5c4)ccc3C2C=C1. The zero-order chi connectivity index (χ0) is 32.3. The summed E-state index contributed by atoms with van der Waals surface area (Å²) >= 11 is 1.96. The number of thioether (sulfide) groups is 1. The smallest absolute Gasteiger partial charge is 0.227 e. The first-order valence-corrected chi connectivity index (χ1v) is 17.6. The van der Waals surface area contributed by atoms with E-state index in [-0.39, 0.29) is 0 Å². The Bertz CT molecular complexity index is 2590. The second kappa shape index (κ2) is 11.4. The van der Waals surface area contributed by atoms with Crippen molar-refractivity contribution in [2.24, 2.45) is 0 Å². The molecule has 2 heterocycles. The van der Waals surface area contributed by atoms with Gasteiger partial charge < -0.3 is 9.32 Å². The molecule has 3 nitrogen and oxygen atoms in total. The Labute approximate surface area is 288 Å². The minimum atomic E-state index is 0.426. The van der Waals surface area contributed by atoms with Crippen LogP contribution in [0.1, 0.15) is 11.5 Å². The highest BCUT2D eigenvalue weighted by atomic mass is 32.2. The summed E-state index contributed by atoms with van der Waals surface area (Å²) in [6.07, 6.45) is 9.02. The van der Waals surface area contributed by atoms with Crippen molar-refractivity contribution in [3.63, 3.8) is 0 Å². The molecule has 49 heavy (non-hydrogen) atoms. The Hall–Kier alpha value is -5.84. The normalized spacial score (nSPS) is 16.3. The highest BCUT2D eigenvalue weighted by molar-refractivity contribution is 8.00. The molecule has 0 saturated heterocycles. The number of rotatable bonds is 5. The number of fused-ring (bicyclic) bond motifs is 8. The van der Waals surface area contributed by atoms with Crippen LogP contribution < -0.4 is 4.90 Å². The van der Waals surface area contributed by atoms with Gasteiger partial charge in [-0.05, 0) is 87.4 Å². The first-order chi connectivity index (χ1) is 24.3. The van der Waals surface area contributed by atoms with Crippen molar-refractivity contribution in [3.8, 4) is 22.6 Å². The van der Waals surface area contributed by atoms with Crippen LogP contribution in [0.5, 0.6) is 0 Å². The van der Waals surface area contributed by atoms with Crippen molar-refractivity contribution in [1.29, 1.82) is 0 Å². The summed E-state index contributed by atoms with van der Waals surface area (Å²) in [5.74, 6) is 1.06. The van der Waals surface area contributed by atoms with Crippen LogP contribution >= 0.6 is 11.8 Å². The molecule has 7 aromatic carbocycles. The molecule has 4 heteroatoms. The number of aromatic nitrogens is 1. The third-order valence-electron chi connectivity index (χ3n) is 9.81. The van der Waals surface area contributed by atoms with E-state index in [0.29, 0.717) is 17.1 Å². The van der Waals surface area contributed by atoms with Gasteiger partial charge in [0.25, 0.3) is 0 Å². The van der Waals surface area contributed by atoms with Crippen LogP contribution in [0.4, 0.5) is 17.1 Å². The number of hydrogen-bond donors (Lipinski definition) is 0. The Morgan fingerprint density at radius 3 is 2.06 bits per heavy atom. The van der Waals surface area contributed by atoms with Crippen LogP contribution in [-0.2, 0) is 0 Å². The fourth-order valence-electron chi connectivity index (χ4n) is 7.40. The molecule has 2 aliphatic rings. The van der Waals surface area contributed by atoms with Gasteiger partial charge in [-0.1, -0.05) is 115 Å². The van der Waals surface area contributed by atoms with Gasteiger partial charge in [-0.15, -0.1) is 11.8 Å². The third-order valence-corrected chi connectivity index (χ3v) is 11.1. The van der Waals surface area contributed by atoms with Gasteiger partial charge in [-0.25, -0.2) is 4.98 Å². The molecule has 1 aliphatic heterocycles. The van der Waals surface area contributed by atoms with Gasteiger partial charge in [0.05, 0.1) is 0 Å². The first kappa shape index (κ1) is 28.2. The summed E-state index contributed by atoms with van der Waals surface area (Å²) in [5.41, 5.74) is 9.80. The quantitative estimate of drug-likeness (QED) is 0.174. The second-order valence-corrected chi connectivity index (χ2v) is 13.9. The summed E-state index contributed by atoms with van der Waals surface area (Å²) in [7, 11) is 0. The molecule has 10 rings (SSSR count). The molecule has 0 spiro atoms. The molecule has 0 radical (unpaired) electrons. The maximum Gasteiger partial charge on any atom is 0.227 e. The lowest BCUT2D eigenvalue weighted by molar-refractivity contribution is 0.623. The van der Waals surface area contributed by atoms with Crippen LogP contribution in [0.25, 0.3) is 55.2 Å². The standard InChI is InChI=1S/C45H30N2OS/c1-3-9-29(10-4-1)30-17-21-34(22-18-30)47(36-24-25-38-37-13-7-8-14-41(37)49-42(38)28-36)35-23-19-31-15-16-32-20-26-40-44(43(32)39(31)27-35)48-45(46-40)33-11-5-2-6-12-33/h1-28,37,41H. The lowest BCUT2D eigenvalue weighted by Gasteiger charge is -2.27. The van der Waals surface area contributed by atoms with E-state index < -0.39 is 0 Å². The lowest BCUT2D eigenvalue weighted by Crippen LogP contribution is -2.10. The molecule has 232 valence electrons. The molecule has 1 aliphatic carbocycles. The van der Waals surface area contributed by atoms with Crippen LogP contribution in [-0.4, -0.2) is 10.2 Å². The van der Waals surface area contributed by atoms with E-state index in [1.165, 1.54) is 21.6 Å². The zero-order valence-electron chi connectivity index (χ0n) is 26.5. The number of allylic oxidation sites excluding steroid dienone is 3. The molecule has 0 saturated carbocycles. The van der Waals surface area contributed by atoms with Crippen LogP contribution in [0.2, 0.25) is 0 Å². The van der Waals surface area contributed by atoms with Gasteiger partial charge in [0.1, 0.15) is 5.52 Å². The average molecular weight is 647 g/mol. The predicted octanol–water partition coefficient (Wildman–Crippen LogP) is 12.6. The summed E-state index contributed by atoms with van der Waals surface area (Å²) in [4.78, 5) is 8.63. The maximum absolute atomic E-state index is 6.56. The monoisotopic (exact) mass is 646 g/mol. The Kier molecular flexibility index (Phi) is 6.56. The fraction of sp³-hybridized carbons (Fsp3) is 0.0444. The fourth-order valence-corrected chi connectivity index (χ4v) is 8.78. The molecule has 1 aromatic heterocycles. The molecular formula is C45H30N2OS. The van der Waals surface area contributed by atoms with Gasteiger partial charge in [0.2, 0.25) is 5.89 Å². The summed E-state index contributed by atoms with van der Waals surface area (Å²) < 4.78 is 6.56. The topological polar surface area (TPSA) is 29.3 Å². The number of nitrogens with zero attached hydrogens (tertiary/aromatic N) is 2. The second-order valence-electron chi connectivity index (χ2n) is 12.7. The summed E-state index contributed by atoms with van der Waals surface area (Å²) in [5, 5.41) is 4.96. The minimum absolute atomic E-state index is 0.426. The van der Waals surface area contributed by atoms with Crippen molar-refractivity contribution in [2.75, 3.05) is 4.90 Å². The highest BCUT2D eigenvalue weighted by Crippen LogP contribution is 2.50. The first-order valence-electron chi connectivity index (χ1n) is 16.7. The molecule has 0 fully saturated rings. The number of hydrogen-bond acceptors (Lipinski definition) is 4. The average Bonchev–Trinajstić information content (AvgIpc) is 3.77. The van der Waals surface area contributed by atoms with Gasteiger partial charge >= 0.3 is 0 Å². The van der Waals surface area contributed by atoms with Crippen molar-refractivity contribution < 1.29 is 4.42 Å². The van der Waals surface area contributed by atoms with E-state index in [1.807, 2.05) is 42.1 Å². The maximum atomic E-state index is 6.56. The van der Waals surface area contributed by atoms with Crippen LogP contribution in [0.3, 0.4) is 0 Å². The van der Waals surface area contributed by atoms with Crippen molar-refractivity contribution in [3.05, 3.63) is 175 Å². The van der Waals surface area contributed by atoms with Gasteiger partial charge in [0.15, 0.2) is 5.58 Å². The lowest BCUT2D eigenvalue weighted by atomic mass is 9.92. The molecule has 8 aromatic rings.